The molecule has 3 aromatic carbocycles. The summed E-state index contributed by atoms with van der Waals surface area (Å²) >= 11 is 3.42. The Hall–Kier alpha value is -3.17. The number of amides is 2. The molecule has 0 aliphatic rings. The lowest BCUT2D eigenvalue weighted by Gasteiger charge is -2.33. The van der Waals surface area contributed by atoms with Gasteiger partial charge >= 0.3 is 0 Å². The zero-order valence-corrected chi connectivity index (χ0v) is 23.8. The van der Waals surface area contributed by atoms with Gasteiger partial charge in [0, 0.05) is 24.5 Å². The molecule has 0 radical (unpaired) electrons. The molecule has 7 nitrogen and oxygen atoms in total. The number of nitrogens with one attached hydrogen (secondary N) is 1. The molecule has 0 aromatic heterocycles. The van der Waals surface area contributed by atoms with Crippen molar-refractivity contribution in [1.82, 2.24) is 10.2 Å². The molecule has 9 heteroatoms. The van der Waals surface area contributed by atoms with E-state index in [1.807, 2.05) is 74.5 Å². The minimum Gasteiger partial charge on any atom is -0.357 e. The monoisotopic (exact) mass is 585 g/mol. The van der Waals surface area contributed by atoms with Crippen LogP contribution in [0.5, 0.6) is 0 Å². The first-order valence-corrected chi connectivity index (χ1v) is 14.5. The lowest BCUT2D eigenvalue weighted by Crippen LogP contribution is -2.52. The van der Waals surface area contributed by atoms with Crippen LogP contribution >= 0.6 is 15.9 Å². The lowest BCUT2D eigenvalue weighted by molar-refractivity contribution is -0.139. The van der Waals surface area contributed by atoms with Gasteiger partial charge in [0.05, 0.1) is 11.9 Å². The van der Waals surface area contributed by atoms with E-state index >= 15 is 0 Å². The Morgan fingerprint density at radius 3 is 2.05 bits per heavy atom. The molecule has 3 aromatic rings. The Balaban J connectivity index is 2.03. The van der Waals surface area contributed by atoms with Gasteiger partial charge in [-0.3, -0.25) is 13.9 Å². The summed E-state index contributed by atoms with van der Waals surface area (Å²) in [5.74, 6) is -0.802. The summed E-state index contributed by atoms with van der Waals surface area (Å²) in [5, 5.41) is 2.67. The zero-order chi connectivity index (χ0) is 27.2. The third kappa shape index (κ3) is 7.90. The predicted molar refractivity (Wildman–Crippen MR) is 151 cm³/mol. The van der Waals surface area contributed by atoms with Crippen molar-refractivity contribution in [2.75, 3.05) is 24.2 Å². The third-order valence-electron chi connectivity index (χ3n) is 5.96. The van der Waals surface area contributed by atoms with Gasteiger partial charge in [0.1, 0.15) is 12.6 Å². The van der Waals surface area contributed by atoms with E-state index in [0.29, 0.717) is 5.69 Å². The molecule has 37 heavy (non-hydrogen) atoms. The molecule has 1 unspecified atom stereocenters. The Kier molecular flexibility index (Phi) is 9.50. The predicted octanol–water partition coefficient (Wildman–Crippen LogP) is 4.22. The molecule has 0 aliphatic heterocycles. The average molecular weight is 587 g/mol. The maximum absolute atomic E-state index is 13.9. The number of rotatable bonds is 10. The van der Waals surface area contributed by atoms with Crippen molar-refractivity contribution in [3.63, 3.8) is 0 Å². The van der Waals surface area contributed by atoms with Crippen LogP contribution in [0.2, 0.25) is 0 Å². The van der Waals surface area contributed by atoms with Gasteiger partial charge in [0.15, 0.2) is 0 Å². The van der Waals surface area contributed by atoms with Gasteiger partial charge in [-0.25, -0.2) is 8.42 Å². The van der Waals surface area contributed by atoms with Gasteiger partial charge in [-0.05, 0) is 60.4 Å². The molecule has 0 saturated carbocycles. The Labute approximate surface area is 227 Å². The molecule has 1 atom stereocenters. The van der Waals surface area contributed by atoms with E-state index in [0.717, 1.165) is 37.3 Å². The zero-order valence-electron chi connectivity index (χ0n) is 21.4. The Bertz CT molecular complexity index is 1330. The third-order valence-corrected chi connectivity index (χ3v) is 7.63. The number of benzene rings is 3. The number of nitrogens with zero attached hydrogens (tertiary/aromatic N) is 2. The first-order valence-electron chi connectivity index (χ1n) is 11.8. The highest BCUT2D eigenvalue weighted by molar-refractivity contribution is 9.10. The Morgan fingerprint density at radius 2 is 1.51 bits per heavy atom. The van der Waals surface area contributed by atoms with Crippen LogP contribution in [0.15, 0.2) is 77.3 Å². The van der Waals surface area contributed by atoms with Crippen LogP contribution in [0, 0.1) is 13.8 Å². The quantitative estimate of drug-likeness (QED) is 0.386. The fourth-order valence-electron chi connectivity index (χ4n) is 4.22. The van der Waals surface area contributed by atoms with Gasteiger partial charge in [-0.1, -0.05) is 64.5 Å². The number of hydrogen-bond donors (Lipinski definition) is 1. The molecular weight excluding hydrogens is 554 g/mol. The van der Waals surface area contributed by atoms with Crippen molar-refractivity contribution < 1.29 is 18.0 Å². The van der Waals surface area contributed by atoms with Crippen molar-refractivity contribution in [3.05, 3.63) is 99.5 Å². The van der Waals surface area contributed by atoms with E-state index < -0.39 is 28.5 Å². The van der Waals surface area contributed by atoms with Gasteiger partial charge < -0.3 is 10.2 Å². The fraction of sp³-hybridized carbons (Fsp3) is 0.286. The molecule has 2 amide bonds. The first kappa shape index (κ1) is 28.4. The van der Waals surface area contributed by atoms with Crippen LogP contribution < -0.4 is 9.62 Å². The maximum atomic E-state index is 13.9. The van der Waals surface area contributed by atoms with Crippen molar-refractivity contribution in [3.8, 4) is 0 Å². The van der Waals surface area contributed by atoms with E-state index in [1.54, 1.807) is 12.1 Å². The lowest BCUT2D eigenvalue weighted by atomic mass is 10.0. The maximum Gasteiger partial charge on any atom is 0.244 e. The number of likely N-dealkylation sites (N-methyl/N-ethyl adjacent to an activating group) is 1. The highest BCUT2D eigenvalue weighted by atomic mass is 79.9. The van der Waals surface area contributed by atoms with Gasteiger partial charge in [0.25, 0.3) is 0 Å². The van der Waals surface area contributed by atoms with E-state index in [4.69, 9.17) is 0 Å². The van der Waals surface area contributed by atoms with Gasteiger partial charge in [0.2, 0.25) is 21.8 Å². The molecule has 0 aliphatic carbocycles. The molecule has 0 fully saturated rings. The highest BCUT2D eigenvalue weighted by Crippen LogP contribution is 2.23. The number of halogens is 1. The van der Waals surface area contributed by atoms with Crippen LogP contribution in [0.4, 0.5) is 5.69 Å². The first-order chi connectivity index (χ1) is 17.5. The number of carbonyl (C=O) groups excluding carboxylic acids is 2. The fourth-order valence-corrected chi connectivity index (χ4v) is 5.31. The minimum absolute atomic E-state index is 0.140. The van der Waals surface area contributed by atoms with Crippen LogP contribution in [-0.2, 0) is 32.6 Å². The summed E-state index contributed by atoms with van der Waals surface area (Å²) in [4.78, 5) is 28.5. The highest BCUT2D eigenvalue weighted by Gasteiger charge is 2.32. The van der Waals surface area contributed by atoms with E-state index in [-0.39, 0.29) is 18.9 Å². The van der Waals surface area contributed by atoms with E-state index in [9.17, 15) is 18.0 Å². The van der Waals surface area contributed by atoms with Gasteiger partial charge in [-0.2, -0.15) is 0 Å². The van der Waals surface area contributed by atoms with Crippen LogP contribution in [0.25, 0.3) is 0 Å². The average Bonchev–Trinajstić information content (AvgIpc) is 2.84. The summed E-state index contributed by atoms with van der Waals surface area (Å²) in [7, 11) is -2.26. The summed E-state index contributed by atoms with van der Waals surface area (Å²) < 4.78 is 27.7. The molecule has 0 bridgehead atoms. The summed E-state index contributed by atoms with van der Waals surface area (Å²) in [5.41, 5.74) is 3.89. The van der Waals surface area contributed by atoms with Gasteiger partial charge in [-0.15, -0.1) is 0 Å². The van der Waals surface area contributed by atoms with Crippen molar-refractivity contribution >= 4 is 43.5 Å². The number of aryl methyl sites for hydroxylation is 2. The summed E-state index contributed by atoms with van der Waals surface area (Å²) in [6.07, 6.45) is 1.36. The molecular formula is C28H32BrN3O4S. The second-order valence-electron chi connectivity index (χ2n) is 9.08. The number of sulfonamides is 1. The minimum atomic E-state index is -3.79. The van der Waals surface area contributed by atoms with Crippen molar-refractivity contribution in [2.45, 2.75) is 32.9 Å². The molecule has 3 rings (SSSR count). The second kappa shape index (κ2) is 12.4. The SMILES string of the molecule is CNC(=O)C(Cc1ccccc1)N(Cc1ccc(Br)cc1)C(=O)CN(c1cc(C)cc(C)c1)S(C)(=O)=O. The molecule has 196 valence electrons. The molecule has 0 spiro atoms. The van der Waals surface area contributed by atoms with Crippen LogP contribution in [0.1, 0.15) is 22.3 Å². The molecule has 1 N–H and O–H groups in total. The molecule has 0 saturated heterocycles. The normalized spacial score (nSPS) is 12.0. The van der Waals surface area contributed by atoms with Crippen LogP contribution in [-0.4, -0.2) is 51.0 Å². The number of hydrogen-bond acceptors (Lipinski definition) is 4. The standard InChI is InChI=1S/C28H32BrN3O4S/c1-20-14-21(2)16-25(15-20)32(37(4,35)36)19-27(33)31(18-23-10-12-24(29)13-11-23)26(28(34)30-3)17-22-8-6-5-7-9-22/h5-16,26H,17-19H2,1-4H3,(H,30,34). The van der Waals surface area contributed by atoms with E-state index in [2.05, 4.69) is 21.2 Å². The summed E-state index contributed by atoms with van der Waals surface area (Å²) in [6, 6.07) is 21.5. The summed E-state index contributed by atoms with van der Waals surface area (Å²) in [6.45, 7) is 3.46. The smallest absolute Gasteiger partial charge is 0.244 e. The van der Waals surface area contributed by atoms with Crippen molar-refractivity contribution in [1.29, 1.82) is 0 Å². The number of anilines is 1. The van der Waals surface area contributed by atoms with E-state index in [1.165, 1.54) is 11.9 Å². The van der Waals surface area contributed by atoms with Crippen molar-refractivity contribution in [2.24, 2.45) is 0 Å². The topological polar surface area (TPSA) is 86.8 Å². The largest absolute Gasteiger partial charge is 0.357 e. The molecule has 0 heterocycles. The van der Waals surface area contributed by atoms with Crippen LogP contribution in [0.3, 0.4) is 0 Å². The Morgan fingerprint density at radius 1 is 0.919 bits per heavy atom. The second-order valence-corrected chi connectivity index (χ2v) is 11.9. The number of carbonyl (C=O) groups is 2.